The van der Waals surface area contributed by atoms with Gasteiger partial charge in [-0.15, -0.1) is 0 Å². The van der Waals surface area contributed by atoms with Crippen LogP contribution in [0.15, 0.2) is 48.5 Å². The quantitative estimate of drug-likeness (QED) is 0.855. The van der Waals surface area contributed by atoms with Crippen LogP contribution in [0, 0.1) is 0 Å². The number of nitrogens with one attached hydrogen (secondary N) is 2. The van der Waals surface area contributed by atoms with Crippen LogP contribution in [0.25, 0.3) is 0 Å². The normalized spacial score (nSPS) is 11.6. The van der Waals surface area contributed by atoms with Gasteiger partial charge in [-0.25, -0.2) is 0 Å². The number of hydrogen-bond donors (Lipinski definition) is 2. The van der Waals surface area contributed by atoms with E-state index in [-0.39, 0.29) is 11.9 Å². The predicted molar refractivity (Wildman–Crippen MR) is 90.5 cm³/mol. The Bertz CT molecular complexity index is 623. The van der Waals surface area contributed by atoms with Gasteiger partial charge < -0.3 is 15.4 Å². The van der Waals surface area contributed by atoms with Crippen LogP contribution in [0.4, 0.5) is 11.4 Å². The Morgan fingerprint density at radius 3 is 2.45 bits per heavy atom. The van der Waals surface area contributed by atoms with E-state index >= 15 is 0 Å². The van der Waals surface area contributed by atoms with Crippen LogP contribution in [0.3, 0.4) is 0 Å². The number of rotatable bonds is 6. The minimum absolute atomic E-state index is 0.0878. The van der Waals surface area contributed by atoms with Gasteiger partial charge in [0.2, 0.25) is 5.91 Å². The summed E-state index contributed by atoms with van der Waals surface area (Å²) in [6.07, 6.45) is 0.986. The van der Waals surface area contributed by atoms with Gasteiger partial charge in [-0.3, -0.25) is 4.79 Å². The van der Waals surface area contributed by atoms with Crippen LogP contribution in [0.2, 0.25) is 0 Å². The monoisotopic (exact) mass is 298 g/mol. The van der Waals surface area contributed by atoms with Crippen molar-refractivity contribution in [2.45, 2.75) is 26.3 Å². The lowest BCUT2D eigenvalue weighted by molar-refractivity contribution is -0.116. The zero-order valence-electron chi connectivity index (χ0n) is 13.2. The molecule has 0 aliphatic rings. The third kappa shape index (κ3) is 4.01. The second kappa shape index (κ2) is 7.50. The molecule has 0 saturated heterocycles. The van der Waals surface area contributed by atoms with E-state index in [9.17, 15) is 4.79 Å². The van der Waals surface area contributed by atoms with E-state index in [0.717, 1.165) is 23.5 Å². The summed E-state index contributed by atoms with van der Waals surface area (Å²) in [6.45, 7) is 3.93. The molecule has 22 heavy (non-hydrogen) atoms. The van der Waals surface area contributed by atoms with Crippen molar-refractivity contribution in [1.29, 1.82) is 0 Å². The molecule has 0 fully saturated rings. The molecule has 2 rings (SSSR count). The topological polar surface area (TPSA) is 50.4 Å². The van der Waals surface area contributed by atoms with Gasteiger partial charge in [0.1, 0.15) is 11.8 Å². The Morgan fingerprint density at radius 2 is 1.82 bits per heavy atom. The Morgan fingerprint density at radius 1 is 1.14 bits per heavy atom. The zero-order chi connectivity index (χ0) is 15.9. The Kier molecular flexibility index (Phi) is 5.42. The first kappa shape index (κ1) is 15.9. The number of anilines is 2. The van der Waals surface area contributed by atoms with Crippen molar-refractivity contribution in [2.75, 3.05) is 17.7 Å². The number of methoxy groups -OCH3 is 1. The van der Waals surface area contributed by atoms with Crippen molar-refractivity contribution in [3.05, 3.63) is 54.1 Å². The smallest absolute Gasteiger partial charge is 0.246 e. The number of amides is 1. The standard InChI is InChI=1S/C18H22N2O2/c1-4-14-9-11-15(12-10-14)20-18(21)13(2)19-16-7-5-6-8-17(16)22-3/h5-13,19H,4H2,1-3H3,(H,20,21)/t13-/m1/s1. The minimum Gasteiger partial charge on any atom is -0.495 e. The molecule has 0 aliphatic heterocycles. The molecule has 0 spiro atoms. The molecule has 1 amide bonds. The SMILES string of the molecule is CCc1ccc(NC(=O)[C@@H](C)Nc2ccccc2OC)cc1. The summed E-state index contributed by atoms with van der Waals surface area (Å²) >= 11 is 0. The van der Waals surface area contributed by atoms with E-state index in [0.29, 0.717) is 0 Å². The summed E-state index contributed by atoms with van der Waals surface area (Å²) in [4.78, 5) is 12.3. The first-order valence-corrected chi connectivity index (χ1v) is 7.43. The maximum atomic E-state index is 12.3. The van der Waals surface area contributed by atoms with Crippen LogP contribution in [0.5, 0.6) is 5.75 Å². The Labute approximate surface area is 131 Å². The summed E-state index contributed by atoms with van der Waals surface area (Å²) in [5, 5.41) is 6.08. The molecule has 0 radical (unpaired) electrons. The molecule has 0 bridgehead atoms. The Hall–Kier alpha value is -2.49. The molecule has 0 aliphatic carbocycles. The molecular formula is C18H22N2O2. The predicted octanol–water partition coefficient (Wildman–Crippen LogP) is 3.70. The summed E-state index contributed by atoms with van der Waals surface area (Å²) in [6, 6.07) is 15.1. The number of benzene rings is 2. The van der Waals surface area contributed by atoms with Crippen molar-refractivity contribution < 1.29 is 9.53 Å². The second-order valence-corrected chi connectivity index (χ2v) is 5.11. The number of carbonyl (C=O) groups is 1. The number of ether oxygens (including phenoxy) is 1. The van der Waals surface area contributed by atoms with E-state index in [4.69, 9.17) is 4.74 Å². The number of aryl methyl sites for hydroxylation is 1. The van der Waals surface area contributed by atoms with Gasteiger partial charge in [0, 0.05) is 5.69 Å². The van der Waals surface area contributed by atoms with Gasteiger partial charge in [0.15, 0.2) is 0 Å². The summed E-state index contributed by atoms with van der Waals surface area (Å²) in [5.41, 5.74) is 2.85. The van der Waals surface area contributed by atoms with E-state index in [1.807, 2.05) is 55.5 Å². The molecule has 0 saturated carbocycles. The summed E-state index contributed by atoms with van der Waals surface area (Å²) in [5.74, 6) is 0.629. The summed E-state index contributed by atoms with van der Waals surface area (Å²) in [7, 11) is 1.61. The molecular weight excluding hydrogens is 276 g/mol. The van der Waals surface area contributed by atoms with E-state index < -0.39 is 0 Å². The van der Waals surface area contributed by atoms with Crippen LogP contribution in [-0.2, 0) is 11.2 Å². The fraction of sp³-hybridized carbons (Fsp3) is 0.278. The van der Waals surface area contributed by atoms with Crippen molar-refractivity contribution in [2.24, 2.45) is 0 Å². The fourth-order valence-electron chi connectivity index (χ4n) is 2.14. The van der Waals surface area contributed by atoms with Gasteiger partial charge in [-0.05, 0) is 43.2 Å². The van der Waals surface area contributed by atoms with Crippen LogP contribution in [0.1, 0.15) is 19.4 Å². The van der Waals surface area contributed by atoms with Crippen LogP contribution in [-0.4, -0.2) is 19.1 Å². The van der Waals surface area contributed by atoms with Gasteiger partial charge >= 0.3 is 0 Å². The van der Waals surface area contributed by atoms with Gasteiger partial charge in [-0.1, -0.05) is 31.2 Å². The minimum atomic E-state index is -0.373. The van der Waals surface area contributed by atoms with Crippen LogP contribution < -0.4 is 15.4 Å². The highest BCUT2D eigenvalue weighted by molar-refractivity contribution is 5.96. The number of carbonyl (C=O) groups excluding carboxylic acids is 1. The van der Waals surface area contributed by atoms with Gasteiger partial charge in [0.05, 0.1) is 12.8 Å². The third-order valence-corrected chi connectivity index (χ3v) is 3.50. The largest absolute Gasteiger partial charge is 0.495 e. The average molecular weight is 298 g/mol. The lowest BCUT2D eigenvalue weighted by atomic mass is 10.1. The van der Waals surface area contributed by atoms with E-state index in [1.165, 1.54) is 5.56 Å². The average Bonchev–Trinajstić information content (AvgIpc) is 2.56. The fourth-order valence-corrected chi connectivity index (χ4v) is 2.14. The first-order valence-electron chi connectivity index (χ1n) is 7.43. The van der Waals surface area contributed by atoms with Crippen molar-refractivity contribution in [3.63, 3.8) is 0 Å². The molecule has 0 heterocycles. The molecule has 2 N–H and O–H groups in total. The van der Waals surface area contributed by atoms with E-state index in [2.05, 4.69) is 17.6 Å². The number of hydrogen-bond acceptors (Lipinski definition) is 3. The first-order chi connectivity index (χ1) is 10.6. The van der Waals surface area contributed by atoms with Gasteiger partial charge in [-0.2, -0.15) is 0 Å². The molecule has 0 aromatic heterocycles. The van der Waals surface area contributed by atoms with Crippen molar-refractivity contribution in [3.8, 4) is 5.75 Å². The number of para-hydroxylation sites is 2. The lowest BCUT2D eigenvalue weighted by Crippen LogP contribution is -2.32. The van der Waals surface area contributed by atoms with Gasteiger partial charge in [0.25, 0.3) is 0 Å². The highest BCUT2D eigenvalue weighted by Gasteiger charge is 2.14. The molecule has 1 atom stereocenters. The maximum absolute atomic E-state index is 12.3. The highest BCUT2D eigenvalue weighted by atomic mass is 16.5. The van der Waals surface area contributed by atoms with Crippen molar-refractivity contribution >= 4 is 17.3 Å². The Balaban J connectivity index is 1.99. The highest BCUT2D eigenvalue weighted by Crippen LogP contribution is 2.24. The van der Waals surface area contributed by atoms with E-state index in [1.54, 1.807) is 7.11 Å². The zero-order valence-corrected chi connectivity index (χ0v) is 13.2. The summed E-state index contributed by atoms with van der Waals surface area (Å²) < 4.78 is 5.28. The second-order valence-electron chi connectivity index (χ2n) is 5.11. The molecule has 4 heteroatoms. The molecule has 2 aromatic rings. The molecule has 0 unspecified atom stereocenters. The molecule has 4 nitrogen and oxygen atoms in total. The maximum Gasteiger partial charge on any atom is 0.246 e. The third-order valence-electron chi connectivity index (χ3n) is 3.50. The molecule has 2 aromatic carbocycles. The molecule has 116 valence electrons. The lowest BCUT2D eigenvalue weighted by Gasteiger charge is -2.17. The van der Waals surface area contributed by atoms with Crippen molar-refractivity contribution in [1.82, 2.24) is 0 Å². The van der Waals surface area contributed by atoms with Crippen LogP contribution >= 0.6 is 0 Å².